The molecule has 0 aliphatic carbocycles. The normalized spacial score (nSPS) is 16.5. The zero-order valence-electron chi connectivity index (χ0n) is 15.3. The molecule has 2 aromatic carbocycles. The average molecular weight is 432 g/mol. The van der Waals surface area contributed by atoms with Gasteiger partial charge in [-0.1, -0.05) is 29.8 Å². The van der Waals surface area contributed by atoms with Crippen LogP contribution in [0.2, 0.25) is 5.02 Å². The number of sulfone groups is 1. The highest BCUT2D eigenvalue weighted by Gasteiger charge is 2.34. The van der Waals surface area contributed by atoms with Crippen molar-refractivity contribution in [1.29, 1.82) is 0 Å². The monoisotopic (exact) mass is 431 g/mol. The molecule has 0 fully saturated rings. The van der Waals surface area contributed by atoms with E-state index < -0.39 is 9.84 Å². The van der Waals surface area contributed by atoms with Crippen molar-refractivity contribution in [2.45, 2.75) is 36.0 Å². The molecule has 0 bridgehead atoms. The smallest absolute Gasteiger partial charge is 0.225 e. The molecule has 3 aromatic rings. The molecule has 1 aliphatic heterocycles. The number of aryl methyl sites for hydroxylation is 2. The van der Waals surface area contributed by atoms with Gasteiger partial charge in [-0.25, -0.2) is 8.42 Å². The van der Waals surface area contributed by atoms with Gasteiger partial charge >= 0.3 is 0 Å². The predicted molar refractivity (Wildman–Crippen MR) is 112 cm³/mol. The van der Waals surface area contributed by atoms with E-state index in [-0.39, 0.29) is 21.6 Å². The maximum absolute atomic E-state index is 13.1. The number of thiophene rings is 1. The molecule has 0 unspecified atom stereocenters. The van der Waals surface area contributed by atoms with Gasteiger partial charge in [0.2, 0.25) is 15.7 Å². The minimum atomic E-state index is -3.76. The number of nitrogens with one attached hydrogen (secondary N) is 1. The molecule has 4 rings (SSSR count). The highest BCUT2D eigenvalue weighted by atomic mass is 35.5. The molecule has 0 saturated heterocycles. The Hall–Kier alpha value is -2.15. The summed E-state index contributed by atoms with van der Waals surface area (Å²) in [6.45, 7) is 4.08. The Morgan fingerprint density at radius 3 is 2.46 bits per heavy atom. The standard InChI is InChI=1S/C21H18ClNO3S2/c1-12-3-4-14(9-13(12)2)17-10-19(24)23-20-18(11-27-21(17)20)28(25,26)16-7-5-15(22)6-8-16/h3-9,11,17H,10H2,1-2H3,(H,23,24)/t17-/m0/s1. The second kappa shape index (κ2) is 7.03. The van der Waals surface area contributed by atoms with Crippen LogP contribution in [0.5, 0.6) is 0 Å². The fourth-order valence-electron chi connectivity index (χ4n) is 3.39. The number of rotatable bonds is 3. The molecule has 2 heterocycles. The number of hydrogen-bond donors (Lipinski definition) is 1. The molecule has 1 N–H and O–H groups in total. The number of amides is 1. The van der Waals surface area contributed by atoms with Crippen molar-refractivity contribution in [2.24, 2.45) is 0 Å². The SMILES string of the molecule is Cc1ccc([C@@H]2CC(=O)Nc3c(S(=O)(=O)c4ccc(Cl)cc4)csc32)cc1C. The minimum Gasteiger partial charge on any atom is -0.324 e. The number of carbonyl (C=O) groups excluding carboxylic acids is 1. The molecule has 1 aromatic heterocycles. The maximum atomic E-state index is 13.1. The van der Waals surface area contributed by atoms with E-state index in [0.29, 0.717) is 17.1 Å². The maximum Gasteiger partial charge on any atom is 0.225 e. The van der Waals surface area contributed by atoms with Crippen LogP contribution in [0.25, 0.3) is 0 Å². The fraction of sp³-hybridized carbons (Fsp3) is 0.190. The van der Waals surface area contributed by atoms with Crippen molar-refractivity contribution in [1.82, 2.24) is 0 Å². The van der Waals surface area contributed by atoms with Crippen molar-refractivity contribution >= 4 is 44.4 Å². The van der Waals surface area contributed by atoms with Crippen LogP contribution in [0.4, 0.5) is 5.69 Å². The first-order valence-corrected chi connectivity index (χ1v) is 11.5. The van der Waals surface area contributed by atoms with E-state index in [2.05, 4.69) is 11.4 Å². The van der Waals surface area contributed by atoms with Gasteiger partial charge in [-0.3, -0.25) is 4.79 Å². The number of carbonyl (C=O) groups is 1. The van der Waals surface area contributed by atoms with Crippen LogP contribution >= 0.6 is 22.9 Å². The van der Waals surface area contributed by atoms with Gasteiger partial charge in [0.1, 0.15) is 4.90 Å². The summed E-state index contributed by atoms with van der Waals surface area (Å²) >= 11 is 7.25. The molecule has 0 radical (unpaired) electrons. The van der Waals surface area contributed by atoms with Gasteiger partial charge in [0.25, 0.3) is 0 Å². The van der Waals surface area contributed by atoms with E-state index in [0.717, 1.165) is 16.0 Å². The lowest BCUT2D eigenvalue weighted by atomic mass is 9.89. The van der Waals surface area contributed by atoms with E-state index in [4.69, 9.17) is 11.6 Å². The Morgan fingerprint density at radius 1 is 1.07 bits per heavy atom. The molecule has 28 heavy (non-hydrogen) atoms. The first kappa shape index (κ1) is 19.2. The third kappa shape index (κ3) is 3.26. The van der Waals surface area contributed by atoms with Crippen LogP contribution in [0.3, 0.4) is 0 Å². The largest absolute Gasteiger partial charge is 0.324 e. The summed E-state index contributed by atoms with van der Waals surface area (Å²) in [5.41, 5.74) is 3.76. The molecule has 1 aliphatic rings. The highest BCUT2D eigenvalue weighted by molar-refractivity contribution is 7.91. The van der Waals surface area contributed by atoms with Crippen LogP contribution < -0.4 is 5.32 Å². The molecule has 1 atom stereocenters. The van der Waals surface area contributed by atoms with Crippen LogP contribution in [0, 0.1) is 13.8 Å². The van der Waals surface area contributed by atoms with Gasteiger partial charge in [-0.2, -0.15) is 0 Å². The summed E-state index contributed by atoms with van der Waals surface area (Å²) in [5, 5.41) is 4.87. The summed E-state index contributed by atoms with van der Waals surface area (Å²) in [5.74, 6) is -0.330. The first-order valence-electron chi connectivity index (χ1n) is 8.76. The van der Waals surface area contributed by atoms with E-state index in [1.165, 1.54) is 29.0 Å². The Balaban J connectivity index is 1.82. The van der Waals surface area contributed by atoms with Crippen molar-refractivity contribution in [2.75, 3.05) is 5.32 Å². The lowest BCUT2D eigenvalue weighted by Gasteiger charge is -2.24. The molecule has 1 amide bonds. The number of fused-ring (bicyclic) bond motifs is 1. The van der Waals surface area contributed by atoms with Crippen molar-refractivity contribution in [3.63, 3.8) is 0 Å². The van der Waals surface area contributed by atoms with Crippen LogP contribution in [0.1, 0.15) is 33.9 Å². The van der Waals surface area contributed by atoms with Gasteiger partial charge in [0.15, 0.2) is 0 Å². The van der Waals surface area contributed by atoms with Crippen LogP contribution in [0.15, 0.2) is 57.6 Å². The third-order valence-corrected chi connectivity index (χ3v) is 8.39. The fourth-order valence-corrected chi connectivity index (χ4v) is 6.43. The lowest BCUT2D eigenvalue weighted by Crippen LogP contribution is -2.23. The van der Waals surface area contributed by atoms with Crippen molar-refractivity contribution in [3.8, 4) is 0 Å². The van der Waals surface area contributed by atoms with Crippen LogP contribution in [-0.2, 0) is 14.6 Å². The molecular formula is C21H18ClNO3S2. The first-order chi connectivity index (χ1) is 13.3. The summed E-state index contributed by atoms with van der Waals surface area (Å²) < 4.78 is 26.3. The van der Waals surface area contributed by atoms with E-state index in [1.807, 2.05) is 26.0 Å². The van der Waals surface area contributed by atoms with Crippen molar-refractivity contribution in [3.05, 3.63) is 74.4 Å². The molecule has 0 spiro atoms. The van der Waals surface area contributed by atoms with E-state index in [9.17, 15) is 13.2 Å². The Morgan fingerprint density at radius 2 is 1.79 bits per heavy atom. The summed E-state index contributed by atoms with van der Waals surface area (Å²) in [7, 11) is -3.76. The second-order valence-corrected chi connectivity index (χ2v) is 10.2. The molecule has 144 valence electrons. The Bertz CT molecular complexity index is 1180. The zero-order chi connectivity index (χ0) is 20.1. The lowest BCUT2D eigenvalue weighted by molar-refractivity contribution is -0.116. The van der Waals surface area contributed by atoms with E-state index in [1.54, 1.807) is 17.5 Å². The van der Waals surface area contributed by atoms with Gasteiger partial charge in [0, 0.05) is 27.6 Å². The van der Waals surface area contributed by atoms with Crippen LogP contribution in [-0.4, -0.2) is 14.3 Å². The second-order valence-electron chi connectivity index (χ2n) is 6.95. The molecule has 7 heteroatoms. The topological polar surface area (TPSA) is 63.2 Å². The number of anilines is 1. The van der Waals surface area contributed by atoms with Gasteiger partial charge in [0.05, 0.1) is 10.6 Å². The summed E-state index contributed by atoms with van der Waals surface area (Å²) in [6, 6.07) is 12.2. The van der Waals surface area contributed by atoms with Gasteiger partial charge in [-0.05, 0) is 54.8 Å². The number of halogens is 1. The number of hydrogen-bond acceptors (Lipinski definition) is 4. The molecular weight excluding hydrogens is 414 g/mol. The average Bonchev–Trinajstić information content (AvgIpc) is 3.08. The highest BCUT2D eigenvalue weighted by Crippen LogP contribution is 2.46. The molecule has 0 saturated carbocycles. The summed E-state index contributed by atoms with van der Waals surface area (Å²) in [4.78, 5) is 13.6. The van der Waals surface area contributed by atoms with Gasteiger partial charge < -0.3 is 5.32 Å². The zero-order valence-corrected chi connectivity index (χ0v) is 17.7. The third-order valence-electron chi connectivity index (χ3n) is 5.10. The van der Waals surface area contributed by atoms with Crippen molar-refractivity contribution < 1.29 is 13.2 Å². The quantitative estimate of drug-likeness (QED) is 0.610. The van der Waals surface area contributed by atoms with Gasteiger partial charge in [-0.15, -0.1) is 11.3 Å². The summed E-state index contributed by atoms with van der Waals surface area (Å²) in [6.07, 6.45) is 0.302. The van der Waals surface area contributed by atoms with E-state index >= 15 is 0 Å². The minimum absolute atomic E-state index is 0.136. The number of benzene rings is 2. The predicted octanol–water partition coefficient (Wildman–Crippen LogP) is 5.33. The Labute approximate surface area is 173 Å². The molecule has 4 nitrogen and oxygen atoms in total. The Kier molecular flexibility index (Phi) is 4.81.